The Hall–Kier alpha value is -3.55. The van der Waals surface area contributed by atoms with E-state index in [1.165, 1.54) is 36.4 Å². The predicted molar refractivity (Wildman–Crippen MR) is 230 cm³/mol. The second kappa shape index (κ2) is 23.1. The van der Waals surface area contributed by atoms with E-state index in [4.69, 9.17) is 0 Å². The summed E-state index contributed by atoms with van der Waals surface area (Å²) in [5.74, 6) is 0.452. The molecule has 0 amide bonds. The van der Waals surface area contributed by atoms with E-state index < -0.39 is 30.0 Å². The first-order valence-electron chi connectivity index (χ1n) is 17.2. The predicted octanol–water partition coefficient (Wildman–Crippen LogP) is 3.74. The zero-order valence-corrected chi connectivity index (χ0v) is 40.0. The number of aliphatic hydroxyl groups excluding tert-OH is 2. The Morgan fingerprint density at radius 3 is 1.08 bits per heavy atom. The molecule has 4 aromatic carbocycles. The van der Waals surface area contributed by atoms with Gasteiger partial charge in [0.2, 0.25) is 35.7 Å². The Balaban J connectivity index is 0.00000397. The Kier molecular flexibility index (Phi) is 18.9. The van der Waals surface area contributed by atoms with Crippen LogP contribution in [0.1, 0.15) is 11.1 Å². The summed E-state index contributed by atoms with van der Waals surface area (Å²) >= 11 is 0. The molecule has 0 spiro atoms. The molecular weight excluding hydrogens is 871 g/mol. The van der Waals surface area contributed by atoms with Crippen LogP contribution in [0.2, 0.25) is 0 Å². The van der Waals surface area contributed by atoms with Crippen molar-refractivity contribution < 1.29 is 36.2 Å². The number of para-hydroxylation sites is 2. The van der Waals surface area contributed by atoms with E-state index in [1.54, 1.807) is 24.3 Å². The third kappa shape index (κ3) is 14.5. The van der Waals surface area contributed by atoms with Gasteiger partial charge in [0.15, 0.2) is 0 Å². The smallest absolute Gasteiger partial charge is 0.295 e. The molecule has 0 aliphatic rings. The summed E-state index contributed by atoms with van der Waals surface area (Å²) in [4.78, 5) is 24.7. The van der Waals surface area contributed by atoms with Crippen LogP contribution in [0.3, 0.4) is 0 Å². The number of benzene rings is 4. The molecule has 2 radical (unpaired) electrons. The third-order valence-electron chi connectivity index (χ3n) is 7.66. The number of nitrogens with zero attached hydrogens (tertiary/aromatic N) is 6. The Labute approximate surface area is 430 Å². The van der Waals surface area contributed by atoms with Crippen molar-refractivity contribution in [1.29, 1.82) is 0 Å². The minimum atomic E-state index is -4.85. The molecule has 0 saturated carbocycles. The SMILES string of the molecule is O=S(=O)(O)c1cc(Nc2nc(NCCO)nc(Nc3ccccc3)n2)ccc1C=Cc1ccc(Nc2nc(NCCO)nc(Nc3ccccc3)n2)cc1S(=O)(=O)O.[K].[K]. The van der Waals surface area contributed by atoms with Crippen LogP contribution < -0.4 is 31.9 Å². The van der Waals surface area contributed by atoms with Crippen molar-refractivity contribution in [3.63, 3.8) is 0 Å². The van der Waals surface area contributed by atoms with Gasteiger partial charge in [0.1, 0.15) is 9.79 Å². The molecule has 10 N–H and O–H groups in total. The molecule has 0 atom stereocenters. The van der Waals surface area contributed by atoms with Gasteiger partial charge in [-0.05, 0) is 59.7 Å². The average Bonchev–Trinajstić information content (AvgIpc) is 3.19. The van der Waals surface area contributed by atoms with E-state index >= 15 is 0 Å². The summed E-state index contributed by atoms with van der Waals surface area (Å²) in [5, 5.41) is 36.1. The maximum absolute atomic E-state index is 12.6. The van der Waals surface area contributed by atoms with Crippen LogP contribution in [0.25, 0.3) is 12.2 Å². The summed E-state index contributed by atoms with van der Waals surface area (Å²) in [6, 6.07) is 26.0. The Morgan fingerprint density at radius 2 is 0.767 bits per heavy atom. The number of rotatable bonds is 18. The molecule has 0 bridgehead atoms. The van der Waals surface area contributed by atoms with Crippen LogP contribution in [0, 0.1) is 0 Å². The molecule has 24 heteroatoms. The molecule has 2 heterocycles. The largest absolute Gasteiger partial charge is 0.395 e. The van der Waals surface area contributed by atoms with Gasteiger partial charge in [-0.2, -0.15) is 46.7 Å². The fourth-order valence-corrected chi connectivity index (χ4v) is 6.57. The van der Waals surface area contributed by atoms with Crippen molar-refractivity contribution in [3.8, 4) is 0 Å². The number of anilines is 10. The Bertz CT molecular complexity index is 2460. The topological polar surface area (TPSA) is 299 Å². The molecule has 6 rings (SSSR count). The van der Waals surface area contributed by atoms with Crippen LogP contribution in [-0.4, -0.2) is 195 Å². The molecule has 6 aromatic rings. The molecule has 60 heavy (non-hydrogen) atoms. The number of hydrogen-bond donors (Lipinski definition) is 10. The van der Waals surface area contributed by atoms with Crippen molar-refractivity contribution in [2.45, 2.75) is 9.79 Å². The molecule has 0 aliphatic carbocycles. The van der Waals surface area contributed by atoms with E-state index in [1.807, 2.05) is 36.4 Å². The monoisotopic (exact) mass is 906 g/mol. The van der Waals surface area contributed by atoms with Crippen LogP contribution in [-0.2, 0) is 20.2 Å². The van der Waals surface area contributed by atoms with Crippen LogP contribution in [0.5, 0.6) is 0 Å². The van der Waals surface area contributed by atoms with Gasteiger partial charge in [-0.15, -0.1) is 0 Å². The normalized spacial score (nSPS) is 11.2. The molecule has 20 nitrogen and oxygen atoms in total. The van der Waals surface area contributed by atoms with E-state index in [0.29, 0.717) is 11.4 Å². The molecule has 0 fully saturated rings. The molecule has 0 aliphatic heterocycles. The van der Waals surface area contributed by atoms with Gasteiger partial charge >= 0.3 is 0 Å². The van der Waals surface area contributed by atoms with Crippen LogP contribution in [0.4, 0.5) is 58.4 Å². The summed E-state index contributed by atoms with van der Waals surface area (Å²) in [5.41, 5.74) is 1.59. The third-order valence-corrected chi connectivity index (χ3v) is 9.48. The van der Waals surface area contributed by atoms with Crippen LogP contribution in [0.15, 0.2) is 107 Å². The first-order chi connectivity index (χ1) is 27.9. The van der Waals surface area contributed by atoms with Crippen LogP contribution >= 0.6 is 0 Å². The second-order valence-corrected chi connectivity index (χ2v) is 14.7. The zero-order chi connectivity index (χ0) is 41.1. The number of aliphatic hydroxyl groups is 2. The standard InChI is InChI=1S/C36H36N12O8S2.2K/c49-19-17-37-31-43-33(39-25-7-3-1-4-8-25)47-35(45-31)41-27-15-13-23(29(21-27)57(51,52)53)11-12-24-14-16-28(22-30(24)58(54,55)56)42-36-46-32(38-18-20-50)44-34(48-36)40-26-9-5-2-6-10-26;;/h1-16,21-22,49-50H,17-20H2,(H,51,52,53)(H,54,55,56)(H3,37,39,41,43,45,47)(H3,38,40,42,44,46,48);;. The van der Waals surface area contributed by atoms with Gasteiger partial charge in [-0.25, -0.2) is 0 Å². The minimum Gasteiger partial charge on any atom is -0.395 e. The van der Waals surface area contributed by atoms with Crippen molar-refractivity contribution in [2.24, 2.45) is 0 Å². The molecule has 2 aromatic heterocycles. The summed E-state index contributed by atoms with van der Waals surface area (Å²) in [6.07, 6.45) is 2.50. The van der Waals surface area contributed by atoms with Crippen molar-refractivity contribution in [1.82, 2.24) is 29.9 Å². The van der Waals surface area contributed by atoms with E-state index in [9.17, 15) is 36.2 Å². The maximum Gasteiger partial charge on any atom is 0.295 e. The van der Waals surface area contributed by atoms with Crippen molar-refractivity contribution >= 4 is 194 Å². The van der Waals surface area contributed by atoms with Crippen molar-refractivity contribution in [3.05, 3.63) is 108 Å². The van der Waals surface area contributed by atoms with Gasteiger partial charge in [0.05, 0.1) is 13.2 Å². The zero-order valence-electron chi connectivity index (χ0n) is 32.1. The van der Waals surface area contributed by atoms with E-state index in [0.717, 1.165) is 12.1 Å². The van der Waals surface area contributed by atoms with Gasteiger partial charge in [-0.3, -0.25) is 9.11 Å². The first-order valence-corrected chi connectivity index (χ1v) is 20.1. The van der Waals surface area contributed by atoms with E-state index in [2.05, 4.69) is 61.8 Å². The van der Waals surface area contributed by atoms with Gasteiger partial charge in [-0.1, -0.05) is 60.7 Å². The number of aromatic nitrogens is 6. The number of nitrogens with one attached hydrogen (secondary N) is 6. The van der Waals surface area contributed by atoms with E-state index in [-0.39, 0.29) is 187 Å². The summed E-state index contributed by atoms with van der Waals surface area (Å²) < 4.78 is 70.7. The van der Waals surface area contributed by atoms with Crippen molar-refractivity contribution in [2.75, 3.05) is 58.2 Å². The minimum absolute atomic E-state index is 0. The molecular formula is C36H36K2N12O8S2. The second-order valence-electron chi connectivity index (χ2n) is 11.9. The quantitative estimate of drug-likeness (QED) is 0.0334. The maximum atomic E-state index is 12.6. The van der Waals surface area contributed by atoms with Gasteiger partial charge in [0, 0.05) is 139 Å². The first kappa shape index (κ1) is 49.1. The average molecular weight is 907 g/mol. The van der Waals surface area contributed by atoms with Gasteiger partial charge < -0.3 is 42.1 Å². The summed E-state index contributed by atoms with van der Waals surface area (Å²) in [7, 11) is -9.70. The molecule has 302 valence electrons. The molecule has 0 unspecified atom stereocenters. The Morgan fingerprint density at radius 1 is 0.450 bits per heavy atom. The fraction of sp³-hybridized carbons (Fsp3) is 0.111. The molecule has 0 saturated heterocycles. The summed E-state index contributed by atoms with van der Waals surface area (Å²) in [6.45, 7) is -0.123. The number of hydrogen-bond acceptors (Lipinski definition) is 18. The van der Waals surface area contributed by atoms with Gasteiger partial charge in [0.25, 0.3) is 20.2 Å². The fourth-order valence-electron chi connectivity index (χ4n) is 5.15.